The highest BCUT2D eigenvalue weighted by molar-refractivity contribution is 5.97. The predicted molar refractivity (Wildman–Crippen MR) is 142 cm³/mol. The molecule has 1 amide bonds. The largest absolute Gasteiger partial charge is 0.478 e. The number of carbonyl (C=O) groups excluding carboxylic acids is 1. The molecule has 2 aliphatic rings. The smallest absolute Gasteiger partial charge is 0.336 e. The highest BCUT2D eigenvalue weighted by Gasteiger charge is 2.34. The van der Waals surface area contributed by atoms with E-state index in [4.69, 9.17) is 4.74 Å². The van der Waals surface area contributed by atoms with Gasteiger partial charge in [-0.2, -0.15) is 0 Å². The zero-order valence-electron chi connectivity index (χ0n) is 21.9. The van der Waals surface area contributed by atoms with Gasteiger partial charge in [-0.15, -0.1) is 0 Å². The second-order valence-electron chi connectivity index (χ2n) is 10.3. The summed E-state index contributed by atoms with van der Waals surface area (Å²) < 4.78 is 6.41. The van der Waals surface area contributed by atoms with Crippen LogP contribution in [0.4, 0.5) is 0 Å². The van der Waals surface area contributed by atoms with Gasteiger partial charge in [-0.05, 0) is 68.5 Å². The summed E-state index contributed by atoms with van der Waals surface area (Å²) in [7, 11) is 1.93. The van der Waals surface area contributed by atoms with Gasteiger partial charge in [-0.3, -0.25) is 9.69 Å². The van der Waals surface area contributed by atoms with Crippen LogP contribution in [-0.2, 0) is 6.54 Å². The van der Waals surface area contributed by atoms with Crippen molar-refractivity contribution < 1.29 is 24.5 Å². The van der Waals surface area contributed by atoms with E-state index in [0.29, 0.717) is 31.1 Å². The van der Waals surface area contributed by atoms with E-state index in [0.717, 1.165) is 30.4 Å². The van der Waals surface area contributed by atoms with Crippen LogP contribution in [0.1, 0.15) is 71.4 Å². The highest BCUT2D eigenvalue weighted by atomic mass is 16.5. The number of carbonyl (C=O) groups is 2. The molecule has 1 aromatic heterocycles. The van der Waals surface area contributed by atoms with Gasteiger partial charge in [0.2, 0.25) is 5.88 Å². The zero-order valence-corrected chi connectivity index (χ0v) is 21.9. The number of carboxylic acids is 1. The molecule has 2 N–H and O–H groups in total. The number of hydrogen-bond acceptors (Lipinski definition) is 6. The summed E-state index contributed by atoms with van der Waals surface area (Å²) in [5, 5.41) is 19.5. The lowest BCUT2D eigenvalue weighted by Gasteiger charge is -2.38. The normalized spacial score (nSPS) is 20.9. The molecule has 1 aliphatic heterocycles. The first-order chi connectivity index (χ1) is 17.8. The molecule has 0 unspecified atom stereocenters. The van der Waals surface area contributed by atoms with Crippen molar-refractivity contribution in [1.29, 1.82) is 0 Å². The zero-order chi connectivity index (χ0) is 26.5. The van der Waals surface area contributed by atoms with Gasteiger partial charge in [-0.1, -0.05) is 31.2 Å². The van der Waals surface area contributed by atoms with E-state index < -0.39 is 5.97 Å². The SMILES string of the molecule is C[C@@H]1CN([C@H](C)CO)C(=O)c2cc(C3=CCCCC3)cnc2O[C@@H]1CN(C)Cc1ccccc1C(=O)O. The van der Waals surface area contributed by atoms with Crippen molar-refractivity contribution >= 4 is 17.4 Å². The third-order valence-electron chi connectivity index (χ3n) is 7.36. The fraction of sp³-hybridized carbons (Fsp3) is 0.483. The van der Waals surface area contributed by atoms with Crippen molar-refractivity contribution in [2.75, 3.05) is 26.7 Å². The second-order valence-corrected chi connectivity index (χ2v) is 10.3. The number of aromatic carboxylic acids is 1. The second kappa shape index (κ2) is 11.9. The molecule has 2 aromatic rings. The maximum atomic E-state index is 13.7. The Labute approximate surface area is 218 Å². The number of likely N-dealkylation sites (N-methyl/N-ethyl adjacent to an activating group) is 1. The Bertz CT molecular complexity index is 1160. The number of pyridine rings is 1. The van der Waals surface area contributed by atoms with Crippen LogP contribution in [0.25, 0.3) is 5.57 Å². The third kappa shape index (κ3) is 6.19. The molecule has 4 rings (SSSR count). The molecule has 0 radical (unpaired) electrons. The Hall–Kier alpha value is -3.23. The lowest BCUT2D eigenvalue weighted by Crippen LogP contribution is -2.50. The summed E-state index contributed by atoms with van der Waals surface area (Å²) in [5.74, 6) is -0.882. The molecule has 37 heavy (non-hydrogen) atoms. The van der Waals surface area contributed by atoms with E-state index in [9.17, 15) is 19.8 Å². The van der Waals surface area contributed by atoms with Crippen LogP contribution < -0.4 is 4.74 Å². The van der Waals surface area contributed by atoms with Crippen molar-refractivity contribution in [2.45, 2.75) is 58.2 Å². The number of aliphatic hydroxyl groups is 1. The molecule has 1 aliphatic carbocycles. The first-order valence-corrected chi connectivity index (χ1v) is 13.1. The lowest BCUT2D eigenvalue weighted by atomic mass is 9.93. The van der Waals surface area contributed by atoms with Crippen LogP contribution in [-0.4, -0.2) is 75.8 Å². The molecular formula is C29H37N3O5. The standard InChI is InChI=1S/C29H37N3O5/c1-19-15-32(20(2)18-33)28(34)25-13-23(21-9-5-4-6-10-21)14-30-27(25)37-26(19)17-31(3)16-22-11-7-8-12-24(22)29(35)36/h7-9,11-14,19-20,26,33H,4-6,10,15-18H2,1-3H3,(H,35,36)/t19-,20-,26-/m1/s1. The van der Waals surface area contributed by atoms with E-state index >= 15 is 0 Å². The third-order valence-corrected chi connectivity index (χ3v) is 7.36. The van der Waals surface area contributed by atoms with Gasteiger partial charge >= 0.3 is 5.97 Å². The molecule has 0 saturated carbocycles. The van der Waals surface area contributed by atoms with Gasteiger partial charge in [0.25, 0.3) is 5.91 Å². The Morgan fingerprint density at radius 3 is 2.78 bits per heavy atom. The molecule has 0 spiro atoms. The number of ether oxygens (including phenoxy) is 1. The number of fused-ring (bicyclic) bond motifs is 1. The molecule has 3 atom stereocenters. The average molecular weight is 508 g/mol. The summed E-state index contributed by atoms with van der Waals surface area (Å²) in [6.07, 6.45) is 8.02. The van der Waals surface area contributed by atoms with E-state index in [1.807, 2.05) is 44.0 Å². The molecule has 1 aromatic carbocycles. The van der Waals surface area contributed by atoms with E-state index in [1.54, 1.807) is 23.2 Å². The van der Waals surface area contributed by atoms with Crippen LogP contribution in [0.15, 0.2) is 42.6 Å². The van der Waals surface area contributed by atoms with Gasteiger partial charge in [0.15, 0.2) is 0 Å². The van der Waals surface area contributed by atoms with Crippen molar-refractivity contribution in [1.82, 2.24) is 14.8 Å². The monoisotopic (exact) mass is 507 g/mol. The number of aromatic nitrogens is 1. The number of rotatable bonds is 8. The van der Waals surface area contributed by atoms with E-state index in [-0.39, 0.29) is 36.1 Å². The molecule has 2 heterocycles. The molecule has 8 heteroatoms. The highest BCUT2D eigenvalue weighted by Crippen LogP contribution is 2.32. The summed E-state index contributed by atoms with van der Waals surface area (Å²) in [6.45, 7) is 5.12. The lowest BCUT2D eigenvalue weighted by molar-refractivity contribution is 0.0325. The maximum Gasteiger partial charge on any atom is 0.336 e. The average Bonchev–Trinajstić information content (AvgIpc) is 2.90. The van der Waals surface area contributed by atoms with E-state index in [2.05, 4.69) is 11.1 Å². The number of nitrogens with zero attached hydrogens (tertiary/aromatic N) is 3. The molecular weight excluding hydrogens is 470 g/mol. The van der Waals surface area contributed by atoms with Crippen molar-refractivity contribution in [3.05, 3.63) is 64.9 Å². The number of benzene rings is 1. The fourth-order valence-electron chi connectivity index (χ4n) is 5.13. The molecule has 198 valence electrons. The van der Waals surface area contributed by atoms with Crippen molar-refractivity contribution in [2.24, 2.45) is 5.92 Å². The van der Waals surface area contributed by atoms with Gasteiger partial charge in [0.05, 0.1) is 18.2 Å². The van der Waals surface area contributed by atoms with Gasteiger partial charge < -0.3 is 19.8 Å². The number of aliphatic hydroxyl groups excluding tert-OH is 1. The number of carboxylic acid groups (broad SMARTS) is 1. The van der Waals surface area contributed by atoms with Crippen molar-refractivity contribution in [3.63, 3.8) is 0 Å². The molecule has 0 bridgehead atoms. The number of amides is 1. The van der Waals surface area contributed by atoms with Gasteiger partial charge in [0.1, 0.15) is 11.7 Å². The minimum absolute atomic E-state index is 0.0502. The first kappa shape index (κ1) is 26.8. The number of allylic oxidation sites excluding steroid dienone is 2. The van der Waals surface area contributed by atoms with Crippen LogP contribution in [0, 0.1) is 5.92 Å². The quantitative estimate of drug-likeness (QED) is 0.555. The molecule has 0 fully saturated rings. The van der Waals surface area contributed by atoms with E-state index in [1.165, 1.54) is 12.0 Å². The Morgan fingerprint density at radius 1 is 1.30 bits per heavy atom. The summed E-state index contributed by atoms with van der Waals surface area (Å²) in [5.41, 5.74) is 3.58. The molecule has 0 saturated heterocycles. The maximum absolute atomic E-state index is 13.7. The van der Waals surface area contributed by atoms with Crippen LogP contribution in [0.2, 0.25) is 0 Å². The Kier molecular flexibility index (Phi) is 8.61. The summed E-state index contributed by atoms with van der Waals surface area (Å²) in [4.78, 5) is 33.7. The summed E-state index contributed by atoms with van der Waals surface area (Å²) >= 11 is 0. The fourth-order valence-corrected chi connectivity index (χ4v) is 5.13. The number of hydrogen-bond donors (Lipinski definition) is 2. The van der Waals surface area contributed by atoms with Crippen LogP contribution in [0.3, 0.4) is 0 Å². The van der Waals surface area contributed by atoms with Crippen LogP contribution in [0.5, 0.6) is 5.88 Å². The van der Waals surface area contributed by atoms with Crippen molar-refractivity contribution in [3.8, 4) is 5.88 Å². The first-order valence-electron chi connectivity index (χ1n) is 13.1. The minimum Gasteiger partial charge on any atom is -0.478 e. The predicted octanol–water partition coefficient (Wildman–Crippen LogP) is 4.09. The molecule has 8 nitrogen and oxygen atoms in total. The Balaban J connectivity index is 1.63. The minimum atomic E-state index is -0.950. The van der Waals surface area contributed by atoms with Crippen LogP contribution >= 0.6 is 0 Å². The van der Waals surface area contributed by atoms with Gasteiger partial charge in [-0.25, -0.2) is 9.78 Å². The summed E-state index contributed by atoms with van der Waals surface area (Å²) in [6, 6.07) is 8.53. The topological polar surface area (TPSA) is 103 Å². The Morgan fingerprint density at radius 2 is 2.08 bits per heavy atom. The van der Waals surface area contributed by atoms with Gasteiger partial charge in [0, 0.05) is 31.7 Å².